The van der Waals surface area contributed by atoms with Crippen molar-refractivity contribution in [2.45, 2.75) is 52.1 Å². The number of anilines is 1. The molecule has 0 saturated carbocycles. The molecule has 0 aromatic carbocycles. The molecule has 2 atom stereocenters. The zero-order chi connectivity index (χ0) is 13.8. The van der Waals surface area contributed by atoms with Gasteiger partial charge in [0.1, 0.15) is 5.82 Å². The van der Waals surface area contributed by atoms with E-state index < -0.39 is 0 Å². The van der Waals surface area contributed by atoms with Crippen LogP contribution in [0.25, 0.3) is 0 Å². The van der Waals surface area contributed by atoms with Crippen molar-refractivity contribution in [2.24, 2.45) is 0 Å². The fourth-order valence-corrected chi connectivity index (χ4v) is 2.68. The van der Waals surface area contributed by atoms with E-state index in [9.17, 15) is 4.79 Å². The molecule has 5 heteroatoms. The zero-order valence-electron chi connectivity index (χ0n) is 11.9. The summed E-state index contributed by atoms with van der Waals surface area (Å²) in [5, 5.41) is 11.1. The van der Waals surface area contributed by atoms with Crippen LogP contribution in [0.15, 0.2) is 12.1 Å². The summed E-state index contributed by atoms with van der Waals surface area (Å²) in [6, 6.07) is 4.13. The molecule has 1 N–H and O–H groups in total. The first-order valence-electron chi connectivity index (χ1n) is 7.03. The molecule has 1 aromatic rings. The van der Waals surface area contributed by atoms with E-state index in [1.165, 1.54) is 6.42 Å². The van der Waals surface area contributed by atoms with Gasteiger partial charge >= 0.3 is 0 Å². The number of hydrogen-bond donors (Lipinski definition) is 1. The Labute approximate surface area is 114 Å². The highest BCUT2D eigenvalue weighted by atomic mass is 16.2. The fourth-order valence-electron chi connectivity index (χ4n) is 2.68. The lowest BCUT2D eigenvalue weighted by molar-refractivity contribution is 0.0503. The van der Waals surface area contributed by atoms with Gasteiger partial charge in [-0.25, -0.2) is 0 Å². The van der Waals surface area contributed by atoms with Crippen LogP contribution in [0.3, 0.4) is 0 Å². The standard InChI is InChI=1S/C14H22N4O/c1-4-15-13-9-8-12(16-17-13)14(19)18-10(2)6-5-7-11(18)3/h8-11H,4-7H2,1-3H3,(H,15,17). The van der Waals surface area contributed by atoms with Gasteiger partial charge in [-0.15, -0.1) is 10.2 Å². The highest BCUT2D eigenvalue weighted by molar-refractivity contribution is 5.92. The lowest BCUT2D eigenvalue weighted by atomic mass is 9.97. The fraction of sp³-hybridized carbons (Fsp3) is 0.643. The van der Waals surface area contributed by atoms with Gasteiger partial charge in [0.15, 0.2) is 5.69 Å². The van der Waals surface area contributed by atoms with Gasteiger partial charge in [0, 0.05) is 18.6 Å². The molecule has 2 unspecified atom stereocenters. The molecule has 1 aliphatic heterocycles. The Balaban J connectivity index is 2.13. The van der Waals surface area contributed by atoms with Crippen LogP contribution in [0.5, 0.6) is 0 Å². The first-order valence-corrected chi connectivity index (χ1v) is 7.03. The molecule has 1 aromatic heterocycles. The largest absolute Gasteiger partial charge is 0.369 e. The van der Waals surface area contributed by atoms with Gasteiger partial charge in [0.05, 0.1) is 0 Å². The first-order chi connectivity index (χ1) is 9.13. The Morgan fingerprint density at radius 2 is 2.00 bits per heavy atom. The minimum absolute atomic E-state index is 0.00440. The van der Waals surface area contributed by atoms with Crippen molar-refractivity contribution in [1.29, 1.82) is 0 Å². The summed E-state index contributed by atoms with van der Waals surface area (Å²) in [5.74, 6) is 0.703. The van der Waals surface area contributed by atoms with E-state index in [2.05, 4.69) is 29.4 Å². The lowest BCUT2D eigenvalue weighted by Gasteiger charge is -2.38. The highest BCUT2D eigenvalue weighted by Crippen LogP contribution is 2.24. The van der Waals surface area contributed by atoms with Crippen molar-refractivity contribution in [3.63, 3.8) is 0 Å². The molecular formula is C14H22N4O. The maximum absolute atomic E-state index is 12.5. The van der Waals surface area contributed by atoms with E-state index in [0.717, 1.165) is 19.4 Å². The number of nitrogens with one attached hydrogen (secondary N) is 1. The maximum Gasteiger partial charge on any atom is 0.274 e. The maximum atomic E-state index is 12.5. The number of nitrogens with zero attached hydrogens (tertiary/aromatic N) is 3. The summed E-state index contributed by atoms with van der Waals surface area (Å²) in [4.78, 5) is 14.4. The number of rotatable bonds is 3. The zero-order valence-corrected chi connectivity index (χ0v) is 11.9. The second-order valence-corrected chi connectivity index (χ2v) is 5.18. The van der Waals surface area contributed by atoms with Gasteiger partial charge in [0.2, 0.25) is 0 Å². The molecule has 0 spiro atoms. The molecule has 5 nitrogen and oxygen atoms in total. The Kier molecular flexibility index (Phi) is 4.35. The average molecular weight is 262 g/mol. The molecule has 1 fully saturated rings. The quantitative estimate of drug-likeness (QED) is 0.908. The summed E-state index contributed by atoms with van der Waals surface area (Å²) in [7, 11) is 0. The Bertz CT molecular complexity index is 422. The molecule has 1 saturated heterocycles. The van der Waals surface area contributed by atoms with Crippen LogP contribution < -0.4 is 5.32 Å². The van der Waals surface area contributed by atoms with Crippen LogP contribution in [0.1, 0.15) is 50.5 Å². The molecule has 1 amide bonds. The number of likely N-dealkylation sites (tertiary alicyclic amines) is 1. The van der Waals surface area contributed by atoms with Crippen LogP contribution in [-0.2, 0) is 0 Å². The van der Waals surface area contributed by atoms with E-state index in [4.69, 9.17) is 0 Å². The first kappa shape index (κ1) is 13.8. The Morgan fingerprint density at radius 3 is 2.53 bits per heavy atom. The van der Waals surface area contributed by atoms with Gasteiger partial charge < -0.3 is 10.2 Å². The number of amides is 1. The van der Waals surface area contributed by atoms with Gasteiger partial charge in [-0.3, -0.25) is 4.79 Å². The second-order valence-electron chi connectivity index (χ2n) is 5.18. The summed E-state index contributed by atoms with van der Waals surface area (Å²) in [6.07, 6.45) is 3.33. The topological polar surface area (TPSA) is 58.1 Å². The van der Waals surface area contributed by atoms with Gasteiger partial charge in [-0.1, -0.05) is 0 Å². The molecule has 2 heterocycles. The summed E-state index contributed by atoms with van der Waals surface area (Å²) >= 11 is 0. The average Bonchev–Trinajstić information content (AvgIpc) is 2.39. The molecule has 2 rings (SSSR count). The second kappa shape index (κ2) is 5.99. The van der Waals surface area contributed by atoms with Gasteiger partial charge in [-0.05, 0) is 52.2 Å². The van der Waals surface area contributed by atoms with Crippen molar-refractivity contribution in [2.75, 3.05) is 11.9 Å². The monoisotopic (exact) mass is 262 g/mol. The minimum Gasteiger partial charge on any atom is -0.369 e. The lowest BCUT2D eigenvalue weighted by Crippen LogP contribution is -2.47. The Hall–Kier alpha value is -1.65. The van der Waals surface area contributed by atoms with Gasteiger partial charge in [0.25, 0.3) is 5.91 Å². The molecule has 104 valence electrons. The molecule has 0 radical (unpaired) electrons. The normalized spacial score (nSPS) is 23.2. The molecule has 1 aliphatic rings. The summed E-state index contributed by atoms with van der Waals surface area (Å²) in [6.45, 7) is 7.00. The van der Waals surface area contributed by atoms with E-state index >= 15 is 0 Å². The van der Waals surface area contributed by atoms with Crippen LogP contribution in [0.2, 0.25) is 0 Å². The van der Waals surface area contributed by atoms with Crippen LogP contribution >= 0.6 is 0 Å². The Morgan fingerprint density at radius 1 is 1.32 bits per heavy atom. The van der Waals surface area contributed by atoms with Crippen molar-refractivity contribution in [1.82, 2.24) is 15.1 Å². The predicted molar refractivity (Wildman–Crippen MR) is 75.1 cm³/mol. The predicted octanol–water partition coefficient (Wildman–Crippen LogP) is 2.31. The molecule has 0 bridgehead atoms. The number of hydrogen-bond acceptors (Lipinski definition) is 4. The van der Waals surface area contributed by atoms with Crippen LogP contribution in [-0.4, -0.2) is 39.6 Å². The van der Waals surface area contributed by atoms with Crippen LogP contribution in [0, 0.1) is 0 Å². The van der Waals surface area contributed by atoms with E-state index in [-0.39, 0.29) is 18.0 Å². The SMILES string of the molecule is CCNc1ccc(C(=O)N2C(C)CCCC2C)nn1. The molecular weight excluding hydrogens is 240 g/mol. The smallest absolute Gasteiger partial charge is 0.274 e. The van der Waals surface area contributed by atoms with E-state index in [1.807, 2.05) is 17.9 Å². The van der Waals surface area contributed by atoms with Crippen molar-refractivity contribution >= 4 is 11.7 Å². The summed E-state index contributed by atoms with van der Waals surface area (Å²) < 4.78 is 0. The van der Waals surface area contributed by atoms with Crippen molar-refractivity contribution in [3.05, 3.63) is 17.8 Å². The number of carbonyl (C=O) groups excluding carboxylic acids is 1. The number of carbonyl (C=O) groups is 1. The summed E-state index contributed by atoms with van der Waals surface area (Å²) in [5.41, 5.74) is 0.433. The third-order valence-corrected chi connectivity index (χ3v) is 3.67. The molecule has 19 heavy (non-hydrogen) atoms. The third kappa shape index (κ3) is 3.03. The van der Waals surface area contributed by atoms with Crippen molar-refractivity contribution in [3.8, 4) is 0 Å². The van der Waals surface area contributed by atoms with Crippen molar-refractivity contribution < 1.29 is 4.79 Å². The number of aromatic nitrogens is 2. The highest BCUT2D eigenvalue weighted by Gasteiger charge is 2.30. The third-order valence-electron chi connectivity index (χ3n) is 3.67. The number of piperidine rings is 1. The molecule has 0 aliphatic carbocycles. The van der Waals surface area contributed by atoms with Gasteiger partial charge in [-0.2, -0.15) is 0 Å². The van der Waals surface area contributed by atoms with E-state index in [0.29, 0.717) is 11.5 Å². The minimum atomic E-state index is -0.00440. The van der Waals surface area contributed by atoms with Crippen LogP contribution in [0.4, 0.5) is 5.82 Å². The van der Waals surface area contributed by atoms with E-state index in [1.54, 1.807) is 6.07 Å².